The SMILES string of the molecule is C#[N+]c1c(C#N)c(I)c(I)c(N)c1N=C. The third-order valence-corrected chi connectivity index (χ3v) is 5.00. The van der Waals surface area contributed by atoms with Crippen LogP contribution in [0.2, 0.25) is 0 Å². The van der Waals surface area contributed by atoms with Crippen LogP contribution in [0.1, 0.15) is 5.56 Å². The van der Waals surface area contributed by atoms with Gasteiger partial charge in [0.2, 0.25) is 0 Å². The van der Waals surface area contributed by atoms with Crippen LogP contribution in [0, 0.1) is 25.0 Å². The maximum absolute atomic E-state index is 8.99. The van der Waals surface area contributed by atoms with Crippen LogP contribution in [0.15, 0.2) is 4.99 Å². The van der Waals surface area contributed by atoms with Gasteiger partial charge in [0.1, 0.15) is 6.07 Å². The molecule has 0 aliphatic carbocycles. The van der Waals surface area contributed by atoms with Gasteiger partial charge in [0.15, 0.2) is 11.3 Å². The molecule has 1 aromatic carbocycles. The van der Waals surface area contributed by atoms with Crippen molar-refractivity contribution >= 4 is 69.0 Å². The molecular formula is C9H5I2N4+. The topological polar surface area (TPSA) is 66.5 Å². The lowest BCUT2D eigenvalue weighted by molar-refractivity contribution is 1.43. The van der Waals surface area contributed by atoms with E-state index in [-0.39, 0.29) is 5.69 Å². The Morgan fingerprint density at radius 2 is 2.07 bits per heavy atom. The van der Waals surface area contributed by atoms with Crippen LogP contribution in [-0.4, -0.2) is 6.72 Å². The minimum Gasteiger partial charge on any atom is -0.396 e. The molecule has 74 valence electrons. The number of nitrogen functional groups attached to an aromatic ring is 1. The Bertz CT molecular complexity index is 523. The van der Waals surface area contributed by atoms with Crippen LogP contribution >= 0.6 is 45.2 Å². The van der Waals surface area contributed by atoms with Crippen LogP contribution in [0.4, 0.5) is 17.1 Å². The lowest BCUT2D eigenvalue weighted by Gasteiger charge is -2.04. The molecule has 0 saturated carbocycles. The number of benzene rings is 1. The lowest BCUT2D eigenvalue weighted by atomic mass is 10.1. The fourth-order valence-electron chi connectivity index (χ4n) is 1.07. The number of nitrogens with two attached hydrogens (primary N) is 1. The molecule has 15 heavy (non-hydrogen) atoms. The molecule has 0 bridgehead atoms. The van der Waals surface area contributed by atoms with Gasteiger partial charge in [0, 0.05) is 0 Å². The molecule has 0 amide bonds. The maximum Gasteiger partial charge on any atom is 0.386 e. The smallest absolute Gasteiger partial charge is 0.386 e. The van der Waals surface area contributed by atoms with Gasteiger partial charge in [-0.2, -0.15) is 5.26 Å². The molecule has 0 aromatic heterocycles. The van der Waals surface area contributed by atoms with Crippen LogP contribution in [0.25, 0.3) is 4.85 Å². The number of anilines is 1. The number of nitriles is 1. The average molecular weight is 423 g/mol. The van der Waals surface area contributed by atoms with E-state index in [1.165, 1.54) is 0 Å². The van der Waals surface area contributed by atoms with Gasteiger partial charge in [-0.15, -0.1) is 0 Å². The van der Waals surface area contributed by atoms with Crippen LogP contribution in [-0.2, 0) is 0 Å². The van der Waals surface area contributed by atoms with Crippen LogP contribution in [0.5, 0.6) is 0 Å². The van der Waals surface area contributed by atoms with Crippen molar-refractivity contribution in [3.05, 3.63) is 17.5 Å². The Labute approximate surface area is 114 Å². The predicted octanol–water partition coefficient (Wildman–Crippen LogP) is 3.28. The summed E-state index contributed by atoms with van der Waals surface area (Å²) in [7, 11) is 0. The fraction of sp³-hybridized carbons (Fsp3) is 0. The van der Waals surface area contributed by atoms with Crippen molar-refractivity contribution in [2.24, 2.45) is 4.99 Å². The van der Waals surface area contributed by atoms with E-state index in [1.54, 1.807) is 0 Å². The summed E-state index contributed by atoms with van der Waals surface area (Å²) in [6.45, 7) is 8.60. The van der Waals surface area contributed by atoms with E-state index in [4.69, 9.17) is 17.6 Å². The summed E-state index contributed by atoms with van der Waals surface area (Å²) in [5.41, 5.74) is 7.29. The molecule has 6 heteroatoms. The van der Waals surface area contributed by atoms with E-state index >= 15 is 0 Å². The van der Waals surface area contributed by atoms with E-state index in [0.29, 0.717) is 16.9 Å². The summed E-state index contributed by atoms with van der Waals surface area (Å²) >= 11 is 4.07. The number of hydrogen-bond donors (Lipinski definition) is 1. The molecule has 0 aliphatic heterocycles. The van der Waals surface area contributed by atoms with E-state index in [9.17, 15) is 0 Å². The molecule has 1 aromatic rings. The molecule has 0 fully saturated rings. The summed E-state index contributed by atoms with van der Waals surface area (Å²) < 4.78 is 1.49. The predicted molar refractivity (Wildman–Crippen MR) is 78.2 cm³/mol. The quantitative estimate of drug-likeness (QED) is 0.428. The first-order valence-corrected chi connectivity index (χ1v) is 5.82. The largest absolute Gasteiger partial charge is 0.396 e. The van der Waals surface area contributed by atoms with E-state index in [0.717, 1.165) is 7.14 Å². The molecule has 0 atom stereocenters. The molecule has 0 unspecified atom stereocenters. The Hall–Kier alpha value is -0.870. The molecule has 2 N–H and O–H groups in total. The number of halogens is 2. The summed E-state index contributed by atoms with van der Waals surface area (Å²) in [4.78, 5) is 7.27. The number of aliphatic imine (C=N–C) groups is 1. The molecule has 0 spiro atoms. The van der Waals surface area contributed by atoms with Gasteiger partial charge in [-0.3, -0.25) is 4.99 Å². The Morgan fingerprint density at radius 3 is 2.47 bits per heavy atom. The van der Waals surface area contributed by atoms with Crippen molar-refractivity contribution in [1.29, 1.82) is 5.26 Å². The van der Waals surface area contributed by atoms with Crippen molar-refractivity contribution < 1.29 is 0 Å². The van der Waals surface area contributed by atoms with Crippen LogP contribution in [0.3, 0.4) is 0 Å². The van der Waals surface area contributed by atoms with Gasteiger partial charge in [0.05, 0.1) is 12.8 Å². The third kappa shape index (κ3) is 1.92. The second kappa shape index (κ2) is 4.77. The zero-order chi connectivity index (χ0) is 11.6. The minimum atomic E-state index is 0.287. The Kier molecular flexibility index (Phi) is 3.88. The third-order valence-electron chi connectivity index (χ3n) is 1.76. The summed E-state index contributed by atoms with van der Waals surface area (Å²) in [5, 5.41) is 8.99. The highest BCUT2D eigenvalue weighted by Gasteiger charge is 2.26. The number of nitrogens with zero attached hydrogens (tertiary/aromatic N) is 3. The van der Waals surface area contributed by atoms with Gasteiger partial charge in [-0.05, 0) is 56.7 Å². The van der Waals surface area contributed by atoms with E-state index in [1.807, 2.05) is 51.3 Å². The van der Waals surface area contributed by atoms with Crippen molar-refractivity contribution in [2.75, 3.05) is 5.73 Å². The Balaban J connectivity index is 3.87. The van der Waals surface area contributed by atoms with Gasteiger partial charge in [-0.1, -0.05) is 0 Å². The molecular weight excluding hydrogens is 418 g/mol. The first-order valence-electron chi connectivity index (χ1n) is 3.66. The van der Waals surface area contributed by atoms with E-state index in [2.05, 4.69) is 16.6 Å². The highest BCUT2D eigenvalue weighted by atomic mass is 127. The minimum absolute atomic E-state index is 0.287. The average Bonchev–Trinajstić information content (AvgIpc) is 2.25. The highest BCUT2D eigenvalue weighted by molar-refractivity contribution is 14.1. The number of hydrogen-bond acceptors (Lipinski definition) is 3. The lowest BCUT2D eigenvalue weighted by Crippen LogP contribution is -1.96. The summed E-state index contributed by atoms with van der Waals surface area (Å²) in [6, 6.07) is 2.03. The maximum atomic E-state index is 8.99. The molecule has 0 heterocycles. The van der Waals surface area contributed by atoms with Gasteiger partial charge < -0.3 is 5.73 Å². The van der Waals surface area contributed by atoms with E-state index < -0.39 is 0 Å². The zero-order valence-corrected chi connectivity index (χ0v) is 11.8. The zero-order valence-electron chi connectivity index (χ0n) is 7.46. The first-order chi connectivity index (χ1) is 7.08. The normalized spacial score (nSPS) is 9.07. The van der Waals surface area contributed by atoms with Crippen molar-refractivity contribution in [3.8, 4) is 12.6 Å². The second-order valence-corrected chi connectivity index (χ2v) is 4.67. The standard InChI is InChI=1S/C9H5I2N4/c1-14-8-4(3-12)5(10)6(11)7(13)9(8)15-2/h1H,2,13H2/q+1. The number of rotatable bonds is 1. The van der Waals surface area contributed by atoms with Gasteiger partial charge in [0.25, 0.3) is 6.57 Å². The highest BCUT2D eigenvalue weighted by Crippen LogP contribution is 2.42. The monoisotopic (exact) mass is 423 g/mol. The molecule has 0 aliphatic rings. The molecule has 1 rings (SSSR count). The molecule has 4 nitrogen and oxygen atoms in total. The summed E-state index contributed by atoms with van der Waals surface area (Å²) in [6.07, 6.45) is 0. The second-order valence-electron chi connectivity index (χ2n) is 2.51. The molecule has 0 saturated heterocycles. The van der Waals surface area contributed by atoms with Crippen molar-refractivity contribution in [3.63, 3.8) is 0 Å². The van der Waals surface area contributed by atoms with Crippen molar-refractivity contribution in [2.45, 2.75) is 0 Å². The van der Waals surface area contributed by atoms with Crippen molar-refractivity contribution in [1.82, 2.24) is 0 Å². The Morgan fingerprint density at radius 1 is 1.47 bits per heavy atom. The fourth-order valence-corrected chi connectivity index (χ4v) is 2.26. The van der Waals surface area contributed by atoms with Gasteiger partial charge >= 0.3 is 5.69 Å². The first kappa shape index (κ1) is 12.2. The molecule has 0 radical (unpaired) electrons. The summed E-state index contributed by atoms with van der Waals surface area (Å²) in [5.74, 6) is 0. The van der Waals surface area contributed by atoms with Gasteiger partial charge in [-0.25, -0.2) is 0 Å². The van der Waals surface area contributed by atoms with Crippen LogP contribution < -0.4 is 5.73 Å².